The zero-order valence-electron chi connectivity index (χ0n) is 23.9. The summed E-state index contributed by atoms with van der Waals surface area (Å²) in [5, 5.41) is 24.8. The number of aromatic nitrogens is 1. The normalized spacial score (nSPS) is 32.0. The number of fused-ring (bicyclic) bond motifs is 6. The fraction of sp³-hybridized carbons (Fsp3) is 0.552. The van der Waals surface area contributed by atoms with E-state index in [1.807, 2.05) is 24.5 Å². The lowest BCUT2D eigenvalue weighted by Gasteiger charge is -2.56. The van der Waals surface area contributed by atoms with Crippen LogP contribution < -0.4 is 4.74 Å². The number of hydrogen-bond acceptors (Lipinski definition) is 9. The number of allylic oxidation sites excluding steroid dienone is 1. The maximum Gasteiger partial charge on any atom is 0.302 e. The van der Waals surface area contributed by atoms with E-state index in [9.17, 15) is 24.6 Å². The number of rotatable bonds is 3. The van der Waals surface area contributed by atoms with Crippen LogP contribution in [0.4, 0.5) is 0 Å². The van der Waals surface area contributed by atoms with Crippen molar-refractivity contribution in [2.45, 2.75) is 89.3 Å². The summed E-state index contributed by atoms with van der Waals surface area (Å²) >= 11 is 0. The molecule has 6 rings (SSSR count). The summed E-state index contributed by atoms with van der Waals surface area (Å²) in [6, 6.07) is 3.44. The first-order valence-corrected chi connectivity index (χ1v) is 13.7. The van der Waals surface area contributed by atoms with Crippen molar-refractivity contribution in [3.8, 4) is 5.75 Å². The number of ether oxygens (including phenoxy) is 2. The predicted molar refractivity (Wildman–Crippen MR) is 143 cm³/mol. The average Bonchev–Trinajstić information content (AvgIpc) is 3.46. The van der Waals surface area contributed by atoms with E-state index < -0.39 is 59.6 Å². The fourth-order valence-corrected chi connectivity index (χ4v) is 6.84. The molecule has 2 aromatic rings. The van der Waals surface area contributed by atoms with Gasteiger partial charge in [-0.25, -0.2) is 9.78 Å². The number of hydrogen-bond donors (Lipinski definition) is 2. The van der Waals surface area contributed by atoms with Crippen LogP contribution in [0.2, 0.25) is 0 Å². The molecule has 1 aromatic carbocycles. The van der Waals surface area contributed by atoms with E-state index in [0.29, 0.717) is 27.9 Å². The van der Waals surface area contributed by atoms with Crippen LogP contribution in [-0.2, 0) is 28.9 Å². The van der Waals surface area contributed by atoms with Gasteiger partial charge in [0.15, 0.2) is 6.23 Å². The van der Waals surface area contributed by atoms with Crippen LogP contribution in [0.1, 0.15) is 77.1 Å². The van der Waals surface area contributed by atoms with Gasteiger partial charge in [-0.15, -0.1) is 0 Å². The van der Waals surface area contributed by atoms with Gasteiger partial charge in [0.25, 0.3) is 11.6 Å². The predicted octanol–water partition coefficient (Wildman–Crippen LogP) is 2.40. The third-order valence-corrected chi connectivity index (χ3v) is 8.42. The summed E-state index contributed by atoms with van der Waals surface area (Å²) in [6.07, 6.45) is -1.20. The molecule has 5 heterocycles. The van der Waals surface area contributed by atoms with Gasteiger partial charge in [0.2, 0.25) is 5.91 Å². The molecule has 0 spiro atoms. The number of esters is 1. The molecule has 4 aliphatic heterocycles. The summed E-state index contributed by atoms with van der Waals surface area (Å²) in [4.78, 5) is 54.3. The number of carbonyl (C=O) groups excluding carboxylic acids is 3. The van der Waals surface area contributed by atoms with E-state index in [1.54, 1.807) is 39.2 Å². The van der Waals surface area contributed by atoms with Gasteiger partial charge in [-0.3, -0.25) is 19.3 Å². The van der Waals surface area contributed by atoms with Gasteiger partial charge < -0.3 is 29.2 Å². The molecule has 12 nitrogen and oxygen atoms in total. The zero-order valence-corrected chi connectivity index (χ0v) is 23.9. The minimum atomic E-state index is -2.60. The second kappa shape index (κ2) is 9.28. The highest BCUT2D eigenvalue weighted by atomic mass is 17.2. The van der Waals surface area contributed by atoms with E-state index in [-0.39, 0.29) is 19.4 Å². The Morgan fingerprint density at radius 2 is 1.90 bits per heavy atom. The van der Waals surface area contributed by atoms with E-state index in [4.69, 9.17) is 19.2 Å². The molecule has 0 bridgehead atoms. The fourth-order valence-electron chi connectivity index (χ4n) is 6.84. The van der Waals surface area contributed by atoms with Crippen molar-refractivity contribution in [1.82, 2.24) is 14.4 Å². The summed E-state index contributed by atoms with van der Waals surface area (Å²) in [5.74, 6) is -1.34. The summed E-state index contributed by atoms with van der Waals surface area (Å²) in [7, 11) is 1.54. The van der Waals surface area contributed by atoms with Crippen molar-refractivity contribution in [2.24, 2.45) is 0 Å². The van der Waals surface area contributed by atoms with E-state index >= 15 is 0 Å². The van der Waals surface area contributed by atoms with Gasteiger partial charge in [0.05, 0.1) is 30.9 Å². The van der Waals surface area contributed by atoms with Crippen molar-refractivity contribution in [2.75, 3.05) is 13.7 Å². The standard InChI is InChI=1S/C29H35N3O9/c1-14(2)9-22-31-19-10-16(38-6)7-8-18(19)23-24(31)21(12-28(4,5)41-40-22)32-26(35)20-11-17(39-15(3)33)13-30(20)27(36)29(32,37)25(23)34/h7-10,17,20-22,25,34,37H,11-13H2,1-6H3. The minimum Gasteiger partial charge on any atom is -0.497 e. The highest BCUT2D eigenvalue weighted by Crippen LogP contribution is 2.55. The van der Waals surface area contributed by atoms with Gasteiger partial charge in [-0.05, 0) is 45.9 Å². The van der Waals surface area contributed by atoms with Gasteiger partial charge in [-0.1, -0.05) is 5.57 Å². The highest BCUT2D eigenvalue weighted by Gasteiger charge is 2.67. The maximum atomic E-state index is 14.3. The second-order valence-electron chi connectivity index (χ2n) is 12.1. The lowest BCUT2D eigenvalue weighted by molar-refractivity contribution is -0.390. The molecule has 0 aliphatic carbocycles. The molecule has 12 heteroatoms. The number of methoxy groups -OCH3 is 1. The molecule has 2 amide bonds. The van der Waals surface area contributed by atoms with E-state index in [2.05, 4.69) is 0 Å². The van der Waals surface area contributed by atoms with Crippen LogP contribution in [0.5, 0.6) is 5.75 Å². The maximum absolute atomic E-state index is 14.3. The molecule has 4 aliphatic rings. The number of amides is 2. The molecule has 0 saturated carbocycles. The van der Waals surface area contributed by atoms with Crippen LogP contribution in [0, 0.1) is 0 Å². The van der Waals surface area contributed by atoms with Crippen molar-refractivity contribution < 1.29 is 43.8 Å². The van der Waals surface area contributed by atoms with E-state index in [1.165, 1.54) is 11.8 Å². The van der Waals surface area contributed by atoms with E-state index in [0.717, 1.165) is 10.5 Å². The van der Waals surface area contributed by atoms with Crippen molar-refractivity contribution >= 4 is 28.7 Å². The van der Waals surface area contributed by atoms with Crippen LogP contribution >= 0.6 is 0 Å². The molecule has 0 radical (unpaired) electrons. The lowest BCUT2D eigenvalue weighted by atomic mass is 9.79. The molecule has 1 aromatic heterocycles. The molecule has 2 saturated heterocycles. The molecule has 6 atom stereocenters. The average molecular weight is 570 g/mol. The third-order valence-electron chi connectivity index (χ3n) is 8.42. The first-order valence-electron chi connectivity index (χ1n) is 13.7. The molecule has 2 N–H and O–H groups in total. The number of benzene rings is 1. The topological polar surface area (TPSA) is 140 Å². The van der Waals surface area contributed by atoms with Crippen LogP contribution in [-0.4, -0.2) is 79.5 Å². The number of piperazine rings is 1. The van der Waals surface area contributed by atoms with Crippen LogP contribution in [0.3, 0.4) is 0 Å². The molecular formula is C29H35N3O9. The van der Waals surface area contributed by atoms with Crippen molar-refractivity contribution in [3.05, 3.63) is 41.1 Å². The SMILES string of the molecule is COc1ccc2c3c4n(c2c1)C(C=C(C)C)OOC(C)(C)CC4N1C(=O)C2CC(OC(C)=O)CN2C(=O)C1(O)C3O. The Hall–Kier alpha value is -3.45. The van der Waals surface area contributed by atoms with Crippen molar-refractivity contribution in [3.63, 3.8) is 0 Å². The first-order chi connectivity index (χ1) is 19.3. The Labute approximate surface area is 236 Å². The van der Waals surface area contributed by atoms with Crippen LogP contribution in [0.25, 0.3) is 10.9 Å². The van der Waals surface area contributed by atoms with Gasteiger partial charge in [0, 0.05) is 36.8 Å². The molecule has 41 heavy (non-hydrogen) atoms. The Kier molecular flexibility index (Phi) is 6.27. The summed E-state index contributed by atoms with van der Waals surface area (Å²) in [5.41, 5.74) is -1.15. The second-order valence-corrected chi connectivity index (χ2v) is 12.1. The zero-order chi connectivity index (χ0) is 29.6. The molecular weight excluding hydrogens is 534 g/mol. The van der Waals surface area contributed by atoms with Crippen molar-refractivity contribution in [1.29, 1.82) is 0 Å². The Morgan fingerprint density at radius 1 is 1.17 bits per heavy atom. The van der Waals surface area contributed by atoms with Gasteiger partial charge in [0.1, 0.15) is 29.6 Å². The largest absolute Gasteiger partial charge is 0.497 e. The van der Waals surface area contributed by atoms with Gasteiger partial charge >= 0.3 is 5.97 Å². The third kappa shape index (κ3) is 3.99. The highest BCUT2D eigenvalue weighted by molar-refractivity contribution is 6.02. The smallest absolute Gasteiger partial charge is 0.302 e. The lowest BCUT2D eigenvalue weighted by Crippen LogP contribution is -2.74. The summed E-state index contributed by atoms with van der Waals surface area (Å²) in [6.45, 7) is 8.63. The Bertz CT molecular complexity index is 1490. The number of aliphatic hydroxyl groups is 2. The molecule has 2 fully saturated rings. The quantitative estimate of drug-likeness (QED) is 0.324. The first kappa shape index (κ1) is 27.7. The molecule has 6 unspecified atom stereocenters. The van der Waals surface area contributed by atoms with Crippen LogP contribution in [0.15, 0.2) is 29.8 Å². The minimum absolute atomic E-state index is 0.0563. The summed E-state index contributed by atoms with van der Waals surface area (Å²) < 4.78 is 12.7. The Balaban J connectivity index is 1.63. The number of nitrogens with zero attached hydrogens (tertiary/aromatic N) is 3. The number of carbonyl (C=O) groups is 3. The van der Waals surface area contributed by atoms with Gasteiger partial charge in [-0.2, -0.15) is 0 Å². The Morgan fingerprint density at radius 3 is 2.56 bits per heavy atom. The monoisotopic (exact) mass is 569 g/mol. The number of aliphatic hydroxyl groups excluding tert-OH is 1. The molecule has 220 valence electrons.